The third-order valence-electron chi connectivity index (χ3n) is 6.50. The van der Waals surface area contributed by atoms with Crippen molar-refractivity contribution in [3.63, 3.8) is 0 Å². The third kappa shape index (κ3) is 4.64. The molecule has 3 rings (SSSR count). The summed E-state index contributed by atoms with van der Waals surface area (Å²) < 4.78 is 4.89. The monoisotopic (exact) mass is 456 g/mol. The van der Waals surface area contributed by atoms with E-state index in [0.29, 0.717) is 23.7 Å². The van der Waals surface area contributed by atoms with Crippen LogP contribution in [0.2, 0.25) is 0 Å². The molecule has 0 aromatic heterocycles. The molecule has 2 aromatic carbocycles. The number of rotatable bonds is 7. The van der Waals surface area contributed by atoms with E-state index >= 15 is 0 Å². The van der Waals surface area contributed by atoms with Crippen LogP contribution >= 0.6 is 0 Å². The molecule has 2 aromatic rings. The van der Waals surface area contributed by atoms with Gasteiger partial charge in [-0.15, -0.1) is 0 Å². The zero-order valence-corrected chi connectivity index (χ0v) is 22.0. The predicted octanol–water partition coefficient (Wildman–Crippen LogP) is 7.52. The standard InChI is InChI=1S/C27H39N3.V/c1-17(2)21-11-9-12-22(18(3)4)25(21)29-15-16-30(27(29)28)26-23(19(5)6)13-10-14-24(26)20(7)8;/h9-14,17-20,27H,15-16H2,1-8H3;/q;+2. The molecule has 0 saturated carbocycles. The minimum atomic E-state index is -0.00481. The topological polar surface area (TPSA) is 18.8 Å². The van der Waals surface area contributed by atoms with E-state index in [9.17, 15) is 0 Å². The van der Waals surface area contributed by atoms with Gasteiger partial charge in [0.15, 0.2) is 0 Å². The van der Waals surface area contributed by atoms with Crippen LogP contribution in [0.3, 0.4) is 0 Å². The Balaban J connectivity index is 2.17. The van der Waals surface area contributed by atoms with Crippen molar-refractivity contribution in [3.8, 4) is 0 Å². The molecule has 0 aliphatic carbocycles. The van der Waals surface area contributed by atoms with Gasteiger partial charge in [-0.05, 0) is 0 Å². The molecule has 1 fully saturated rings. The molecule has 31 heavy (non-hydrogen) atoms. The Labute approximate surface area is 199 Å². The van der Waals surface area contributed by atoms with Gasteiger partial charge in [0.25, 0.3) is 0 Å². The van der Waals surface area contributed by atoms with Crippen LogP contribution < -0.4 is 9.80 Å². The summed E-state index contributed by atoms with van der Waals surface area (Å²) in [6, 6.07) is 13.7. The van der Waals surface area contributed by atoms with Gasteiger partial charge >= 0.3 is 199 Å². The minimum absolute atomic E-state index is 0.00481. The van der Waals surface area contributed by atoms with Crippen molar-refractivity contribution in [3.05, 3.63) is 58.7 Å². The van der Waals surface area contributed by atoms with Crippen LogP contribution in [0.25, 0.3) is 0 Å². The zero-order chi connectivity index (χ0) is 22.9. The van der Waals surface area contributed by atoms with Gasteiger partial charge in [-0.3, -0.25) is 0 Å². The molecule has 0 atom stereocenters. The van der Waals surface area contributed by atoms with Gasteiger partial charge < -0.3 is 0 Å². The fourth-order valence-corrected chi connectivity index (χ4v) is 5.27. The first-order valence-electron chi connectivity index (χ1n) is 11.8. The number of para-hydroxylation sites is 2. The van der Waals surface area contributed by atoms with Crippen molar-refractivity contribution in [2.45, 2.75) is 85.4 Å². The molecule has 1 saturated heterocycles. The van der Waals surface area contributed by atoms with Crippen molar-refractivity contribution < 1.29 is 17.2 Å². The van der Waals surface area contributed by atoms with Crippen LogP contribution in [0.1, 0.15) is 101 Å². The summed E-state index contributed by atoms with van der Waals surface area (Å²) in [5.41, 5.74) is 8.49. The predicted molar refractivity (Wildman–Crippen MR) is 130 cm³/mol. The molecular formula is C27H39N3V+2. The molecule has 0 N–H and O–H groups in total. The van der Waals surface area contributed by atoms with E-state index in [4.69, 9.17) is 3.79 Å². The molecule has 0 radical (unpaired) electrons. The fraction of sp³-hybridized carbons (Fsp3) is 0.556. The summed E-state index contributed by atoms with van der Waals surface area (Å²) in [4.78, 5) is 5.09. The van der Waals surface area contributed by atoms with E-state index in [0.717, 1.165) is 13.1 Å². The average Bonchev–Trinajstić information content (AvgIpc) is 3.15. The van der Waals surface area contributed by atoms with Crippen LogP contribution in [0.15, 0.2) is 40.2 Å². The maximum atomic E-state index is 4.89. The number of nitrogens with zero attached hydrogens (tertiary/aromatic N) is 3. The number of hydrogen-bond acceptors (Lipinski definition) is 3. The summed E-state index contributed by atoms with van der Waals surface area (Å²) in [6.07, 6.45) is -0.00481. The molecule has 1 aliphatic rings. The van der Waals surface area contributed by atoms with Gasteiger partial charge in [-0.2, -0.15) is 0 Å². The quantitative estimate of drug-likeness (QED) is 0.429. The second-order valence-corrected chi connectivity index (χ2v) is 10.4. The Kier molecular flexibility index (Phi) is 7.70. The van der Waals surface area contributed by atoms with Crippen molar-refractivity contribution in [1.29, 1.82) is 0 Å². The van der Waals surface area contributed by atoms with Gasteiger partial charge in [-0.25, -0.2) is 0 Å². The Morgan fingerprint density at radius 1 is 0.645 bits per heavy atom. The molecule has 1 aliphatic heterocycles. The summed E-state index contributed by atoms with van der Waals surface area (Å²) in [5, 5.41) is 0. The Bertz CT molecular complexity index is 793. The first-order chi connectivity index (χ1) is 14.7. The number of hydrogen-bond donors (Lipinski definition) is 0. The molecule has 0 spiro atoms. The number of anilines is 2. The van der Waals surface area contributed by atoms with E-state index in [2.05, 4.69) is 119 Å². The summed E-state index contributed by atoms with van der Waals surface area (Å²) in [6.45, 7) is 20.4. The van der Waals surface area contributed by atoms with Gasteiger partial charge in [0.2, 0.25) is 0 Å². The second kappa shape index (κ2) is 9.92. The summed E-state index contributed by atoms with van der Waals surface area (Å²) in [5.74, 6) is 1.90. The van der Waals surface area contributed by atoms with E-state index in [1.807, 2.05) is 0 Å². The molecule has 0 amide bonds. The molecule has 0 bridgehead atoms. The van der Waals surface area contributed by atoms with Crippen LogP contribution in [0.5, 0.6) is 0 Å². The van der Waals surface area contributed by atoms with Crippen molar-refractivity contribution in [2.24, 2.45) is 3.79 Å². The number of benzene rings is 2. The Hall–Kier alpha value is -1.58. The van der Waals surface area contributed by atoms with Gasteiger partial charge in [-0.1, -0.05) is 0 Å². The van der Waals surface area contributed by atoms with E-state index in [1.165, 1.54) is 33.6 Å². The molecular weight excluding hydrogens is 417 g/mol. The maximum absolute atomic E-state index is 4.89. The van der Waals surface area contributed by atoms with E-state index in [1.54, 1.807) is 0 Å². The Morgan fingerprint density at radius 2 is 0.935 bits per heavy atom. The summed E-state index contributed by atoms with van der Waals surface area (Å²) in [7, 11) is 0. The summed E-state index contributed by atoms with van der Waals surface area (Å²) >= 11 is 2.50. The van der Waals surface area contributed by atoms with Gasteiger partial charge in [0, 0.05) is 0 Å². The van der Waals surface area contributed by atoms with E-state index < -0.39 is 0 Å². The Morgan fingerprint density at radius 3 is 1.16 bits per heavy atom. The van der Waals surface area contributed by atoms with Crippen molar-refractivity contribution in [1.82, 2.24) is 0 Å². The second-order valence-electron chi connectivity index (χ2n) is 10.0. The zero-order valence-electron chi connectivity index (χ0n) is 20.6. The van der Waals surface area contributed by atoms with Crippen molar-refractivity contribution in [2.75, 3.05) is 22.9 Å². The molecule has 3 nitrogen and oxygen atoms in total. The molecule has 4 heteroatoms. The van der Waals surface area contributed by atoms with Crippen LogP contribution in [0.4, 0.5) is 11.4 Å². The SMILES string of the molecule is CC(C)c1cccc(C(C)C)c1N1CCN(c2c(C(C)C)cccc2C(C)C)C1[N]=[V+2]. The first-order valence-corrected chi connectivity index (χ1v) is 12.4. The molecule has 0 unspecified atom stereocenters. The third-order valence-corrected chi connectivity index (χ3v) is 6.82. The normalized spacial score (nSPS) is 15.3. The van der Waals surface area contributed by atoms with Crippen molar-refractivity contribution >= 4 is 11.4 Å². The van der Waals surface area contributed by atoms with Crippen LogP contribution in [0, 0.1) is 0 Å². The average molecular weight is 457 g/mol. The van der Waals surface area contributed by atoms with Gasteiger partial charge in [0.1, 0.15) is 0 Å². The van der Waals surface area contributed by atoms with Crippen LogP contribution in [-0.4, -0.2) is 19.4 Å². The van der Waals surface area contributed by atoms with Gasteiger partial charge in [0.05, 0.1) is 0 Å². The molecule has 165 valence electrons. The first kappa shape index (κ1) is 24.1. The van der Waals surface area contributed by atoms with E-state index in [-0.39, 0.29) is 6.29 Å². The molecule has 1 heterocycles. The van der Waals surface area contributed by atoms with Crippen LogP contribution in [-0.2, 0) is 17.2 Å². The fourth-order valence-electron chi connectivity index (χ4n) is 4.88.